The van der Waals surface area contributed by atoms with Crippen molar-refractivity contribution in [3.05, 3.63) is 54.1 Å². The van der Waals surface area contributed by atoms with E-state index in [0.29, 0.717) is 12.3 Å². The molecule has 0 aromatic heterocycles. The number of nitrogens with one attached hydrogen (secondary N) is 1. The first kappa shape index (κ1) is 21.9. The topological polar surface area (TPSA) is 59.4 Å². The fourth-order valence-corrected chi connectivity index (χ4v) is 3.93. The molecule has 1 aliphatic heterocycles. The zero-order valence-corrected chi connectivity index (χ0v) is 18.1. The molecule has 5 nitrogen and oxygen atoms in total. The molecule has 0 spiro atoms. The monoisotopic (exact) mass is 404 g/mol. The number of rotatable bonds is 8. The second-order valence-electron chi connectivity index (χ2n) is 8.32. The van der Waals surface area contributed by atoms with E-state index in [2.05, 4.69) is 77.6 Å². The van der Waals surface area contributed by atoms with Crippen molar-refractivity contribution < 1.29 is 4.79 Å². The average Bonchev–Trinajstić information content (AvgIpc) is 2.77. The highest BCUT2D eigenvalue weighted by Gasteiger charge is 2.15. The number of carbonyl (C=O) groups is 1. The average molecular weight is 405 g/mol. The van der Waals surface area contributed by atoms with E-state index in [4.69, 9.17) is 5.26 Å². The van der Waals surface area contributed by atoms with Crippen LogP contribution in [-0.4, -0.2) is 50.6 Å². The van der Waals surface area contributed by atoms with Crippen LogP contribution in [0.4, 0.5) is 5.69 Å². The lowest BCUT2D eigenvalue weighted by atomic mass is 9.94. The molecule has 158 valence electrons. The molecule has 1 saturated heterocycles. The van der Waals surface area contributed by atoms with Crippen LogP contribution in [0.15, 0.2) is 48.5 Å². The summed E-state index contributed by atoms with van der Waals surface area (Å²) in [7, 11) is 2.18. The van der Waals surface area contributed by atoms with Crippen LogP contribution in [0.25, 0.3) is 11.1 Å². The number of carbonyl (C=O) groups excluding carboxylic acids is 1. The summed E-state index contributed by atoms with van der Waals surface area (Å²) in [6, 6.07) is 19.5. The SMILES string of the molecule is CC(CCC(=O)NCC#N)Cc1cccc(-c2cccc(N3CCN(C)CC3)c2)c1. The zero-order valence-electron chi connectivity index (χ0n) is 18.1. The highest BCUT2D eigenvalue weighted by atomic mass is 16.1. The van der Waals surface area contributed by atoms with Crippen LogP contribution in [0.3, 0.4) is 0 Å². The molecular weight excluding hydrogens is 372 g/mol. The van der Waals surface area contributed by atoms with Crippen molar-refractivity contribution >= 4 is 11.6 Å². The van der Waals surface area contributed by atoms with Gasteiger partial charge < -0.3 is 15.1 Å². The Balaban J connectivity index is 1.62. The van der Waals surface area contributed by atoms with Gasteiger partial charge in [-0.25, -0.2) is 0 Å². The number of hydrogen-bond donors (Lipinski definition) is 1. The van der Waals surface area contributed by atoms with E-state index in [1.807, 2.05) is 6.07 Å². The van der Waals surface area contributed by atoms with Crippen LogP contribution in [0.2, 0.25) is 0 Å². The van der Waals surface area contributed by atoms with Crippen molar-refractivity contribution in [3.8, 4) is 17.2 Å². The van der Waals surface area contributed by atoms with Crippen LogP contribution in [0, 0.1) is 17.2 Å². The van der Waals surface area contributed by atoms with Gasteiger partial charge in [-0.15, -0.1) is 0 Å². The molecule has 2 aromatic carbocycles. The van der Waals surface area contributed by atoms with Crippen LogP contribution in [0.1, 0.15) is 25.3 Å². The molecule has 1 fully saturated rings. The third kappa shape index (κ3) is 6.33. The van der Waals surface area contributed by atoms with Gasteiger partial charge in [0.2, 0.25) is 5.91 Å². The standard InChI is InChI=1S/C25H32N4O/c1-20(9-10-25(30)27-12-11-26)17-21-5-3-6-22(18-21)23-7-4-8-24(19-23)29-15-13-28(2)14-16-29/h3-8,18-20H,9-10,12-17H2,1-2H3,(H,27,30). The van der Waals surface area contributed by atoms with Gasteiger partial charge in [0, 0.05) is 38.3 Å². The normalized spacial score (nSPS) is 15.4. The quantitative estimate of drug-likeness (QED) is 0.682. The van der Waals surface area contributed by atoms with Gasteiger partial charge in [0.1, 0.15) is 6.54 Å². The van der Waals surface area contributed by atoms with Crippen molar-refractivity contribution in [1.82, 2.24) is 10.2 Å². The summed E-state index contributed by atoms with van der Waals surface area (Å²) in [5, 5.41) is 11.1. The van der Waals surface area contributed by atoms with Crippen molar-refractivity contribution in [2.45, 2.75) is 26.2 Å². The first-order valence-electron chi connectivity index (χ1n) is 10.8. The van der Waals surface area contributed by atoms with Crippen LogP contribution in [0.5, 0.6) is 0 Å². The number of likely N-dealkylation sites (N-methyl/N-ethyl adjacent to an activating group) is 1. The van der Waals surface area contributed by atoms with Crippen LogP contribution >= 0.6 is 0 Å². The molecule has 1 heterocycles. The Morgan fingerprint density at radius 2 is 1.80 bits per heavy atom. The lowest BCUT2D eigenvalue weighted by molar-refractivity contribution is -0.121. The minimum atomic E-state index is -0.0436. The summed E-state index contributed by atoms with van der Waals surface area (Å²) in [6.45, 7) is 6.61. The Hall–Kier alpha value is -2.84. The molecule has 3 rings (SSSR count). The molecule has 0 aliphatic carbocycles. The Bertz CT molecular complexity index is 881. The van der Waals surface area contributed by atoms with Crippen molar-refractivity contribution in [3.63, 3.8) is 0 Å². The van der Waals surface area contributed by atoms with E-state index < -0.39 is 0 Å². The Labute approximate surface area is 180 Å². The van der Waals surface area contributed by atoms with Gasteiger partial charge in [0.05, 0.1) is 6.07 Å². The molecule has 0 saturated carbocycles. The van der Waals surface area contributed by atoms with Crippen molar-refractivity contribution in [2.24, 2.45) is 5.92 Å². The highest BCUT2D eigenvalue weighted by molar-refractivity contribution is 5.76. The Morgan fingerprint density at radius 1 is 1.10 bits per heavy atom. The molecule has 1 unspecified atom stereocenters. The molecule has 1 amide bonds. The van der Waals surface area contributed by atoms with Crippen molar-refractivity contribution in [2.75, 3.05) is 44.7 Å². The van der Waals surface area contributed by atoms with E-state index in [0.717, 1.165) is 39.0 Å². The Morgan fingerprint density at radius 3 is 2.53 bits per heavy atom. The van der Waals surface area contributed by atoms with E-state index in [1.54, 1.807) is 0 Å². The largest absolute Gasteiger partial charge is 0.369 e. The van der Waals surface area contributed by atoms with Crippen LogP contribution < -0.4 is 10.2 Å². The molecule has 30 heavy (non-hydrogen) atoms. The molecular formula is C25H32N4O. The fraction of sp³-hybridized carbons (Fsp3) is 0.440. The van der Waals surface area contributed by atoms with Crippen LogP contribution in [-0.2, 0) is 11.2 Å². The number of anilines is 1. The second-order valence-corrected chi connectivity index (χ2v) is 8.32. The zero-order chi connectivity index (χ0) is 21.3. The summed E-state index contributed by atoms with van der Waals surface area (Å²) in [5.74, 6) is 0.364. The maximum atomic E-state index is 11.7. The number of hydrogen-bond acceptors (Lipinski definition) is 4. The lowest BCUT2D eigenvalue weighted by Crippen LogP contribution is -2.44. The molecule has 1 N–H and O–H groups in total. The highest BCUT2D eigenvalue weighted by Crippen LogP contribution is 2.27. The lowest BCUT2D eigenvalue weighted by Gasteiger charge is -2.34. The fourth-order valence-electron chi connectivity index (χ4n) is 3.93. The van der Waals surface area contributed by atoms with Gasteiger partial charge >= 0.3 is 0 Å². The summed E-state index contributed by atoms with van der Waals surface area (Å²) < 4.78 is 0. The molecule has 0 bridgehead atoms. The maximum absolute atomic E-state index is 11.7. The van der Waals surface area contributed by atoms with Gasteiger partial charge in [0.15, 0.2) is 0 Å². The third-order valence-electron chi connectivity index (χ3n) is 5.79. The van der Waals surface area contributed by atoms with E-state index in [1.165, 1.54) is 22.4 Å². The summed E-state index contributed by atoms with van der Waals surface area (Å²) >= 11 is 0. The minimum absolute atomic E-state index is 0.0436. The van der Waals surface area contributed by atoms with Gasteiger partial charge in [-0.05, 0) is 54.6 Å². The molecule has 0 radical (unpaired) electrons. The Kier molecular flexibility index (Phi) is 7.87. The van der Waals surface area contributed by atoms with Gasteiger partial charge in [-0.1, -0.05) is 43.3 Å². The minimum Gasteiger partial charge on any atom is -0.369 e. The molecule has 5 heteroatoms. The van der Waals surface area contributed by atoms with E-state index in [9.17, 15) is 4.79 Å². The summed E-state index contributed by atoms with van der Waals surface area (Å²) in [6.07, 6.45) is 2.23. The van der Waals surface area contributed by atoms with E-state index in [-0.39, 0.29) is 12.5 Å². The molecule has 1 atom stereocenters. The number of piperazine rings is 1. The molecule has 1 aliphatic rings. The molecule has 2 aromatic rings. The van der Waals surface area contributed by atoms with Gasteiger partial charge in [-0.3, -0.25) is 4.79 Å². The maximum Gasteiger partial charge on any atom is 0.220 e. The predicted molar refractivity (Wildman–Crippen MR) is 122 cm³/mol. The van der Waals surface area contributed by atoms with E-state index >= 15 is 0 Å². The first-order chi connectivity index (χ1) is 14.5. The van der Waals surface area contributed by atoms with Crippen molar-refractivity contribution in [1.29, 1.82) is 5.26 Å². The first-order valence-corrected chi connectivity index (χ1v) is 10.8. The smallest absolute Gasteiger partial charge is 0.220 e. The third-order valence-corrected chi connectivity index (χ3v) is 5.79. The van der Waals surface area contributed by atoms with Gasteiger partial charge in [0.25, 0.3) is 0 Å². The summed E-state index contributed by atoms with van der Waals surface area (Å²) in [5.41, 5.74) is 5.07. The van der Waals surface area contributed by atoms with Gasteiger partial charge in [-0.2, -0.15) is 5.26 Å². The second kappa shape index (κ2) is 10.8. The summed E-state index contributed by atoms with van der Waals surface area (Å²) in [4.78, 5) is 16.5. The number of nitrogens with zero attached hydrogens (tertiary/aromatic N) is 3. The number of amides is 1. The number of nitriles is 1. The number of benzene rings is 2. The predicted octanol–water partition coefficient (Wildman–Crippen LogP) is 3.70.